The van der Waals surface area contributed by atoms with Crippen LogP contribution in [0, 0.1) is 18.8 Å². The van der Waals surface area contributed by atoms with E-state index in [1.807, 2.05) is 18.2 Å². The molecule has 1 aromatic heterocycles. The van der Waals surface area contributed by atoms with E-state index in [2.05, 4.69) is 19.9 Å². The van der Waals surface area contributed by atoms with E-state index in [0.29, 0.717) is 5.92 Å². The average molecular weight is 244 g/mol. The van der Waals surface area contributed by atoms with E-state index in [1.54, 1.807) is 0 Å². The molecule has 0 radical (unpaired) electrons. The molecule has 96 valence electrons. The summed E-state index contributed by atoms with van der Waals surface area (Å²) in [7, 11) is 0. The largest absolute Gasteiger partial charge is 0.458 e. The molecule has 3 unspecified atom stereocenters. The quantitative estimate of drug-likeness (QED) is 0.858. The van der Waals surface area contributed by atoms with Gasteiger partial charge in [-0.05, 0) is 49.8 Å². The lowest BCUT2D eigenvalue weighted by molar-refractivity contribution is 0.0887. The van der Waals surface area contributed by atoms with Crippen molar-refractivity contribution in [2.75, 3.05) is 0 Å². The van der Waals surface area contributed by atoms with Crippen molar-refractivity contribution < 1.29 is 9.52 Å². The van der Waals surface area contributed by atoms with E-state index in [4.69, 9.17) is 4.42 Å². The lowest BCUT2D eigenvalue weighted by Crippen LogP contribution is -2.08. The van der Waals surface area contributed by atoms with Crippen molar-refractivity contribution in [1.82, 2.24) is 0 Å². The zero-order valence-electron chi connectivity index (χ0n) is 11.0. The Labute approximate surface area is 108 Å². The van der Waals surface area contributed by atoms with Gasteiger partial charge >= 0.3 is 0 Å². The highest BCUT2D eigenvalue weighted by Gasteiger charge is 2.30. The fourth-order valence-electron chi connectivity index (χ4n) is 3.10. The number of hydrogen-bond donors (Lipinski definition) is 1. The number of aliphatic hydroxyl groups excluding tert-OH is 1. The molecule has 0 saturated heterocycles. The monoisotopic (exact) mass is 244 g/mol. The molecule has 0 amide bonds. The Morgan fingerprint density at radius 2 is 2.11 bits per heavy atom. The van der Waals surface area contributed by atoms with Crippen LogP contribution in [0.15, 0.2) is 28.7 Å². The second kappa shape index (κ2) is 4.43. The summed E-state index contributed by atoms with van der Waals surface area (Å²) in [6.45, 7) is 4.33. The van der Waals surface area contributed by atoms with Gasteiger partial charge in [0.2, 0.25) is 0 Å². The van der Waals surface area contributed by atoms with Crippen LogP contribution in [0.5, 0.6) is 0 Å². The maximum Gasteiger partial charge on any atom is 0.134 e. The van der Waals surface area contributed by atoms with E-state index in [9.17, 15) is 5.11 Å². The van der Waals surface area contributed by atoms with Crippen molar-refractivity contribution in [2.24, 2.45) is 11.8 Å². The topological polar surface area (TPSA) is 33.4 Å². The number of aryl methyl sites for hydroxylation is 1. The molecule has 18 heavy (non-hydrogen) atoms. The smallest absolute Gasteiger partial charge is 0.134 e. The van der Waals surface area contributed by atoms with Crippen LogP contribution in [0.4, 0.5) is 0 Å². The van der Waals surface area contributed by atoms with Crippen LogP contribution in [-0.2, 0) is 0 Å². The highest BCUT2D eigenvalue weighted by Crippen LogP contribution is 2.40. The minimum atomic E-state index is -0.442. The Morgan fingerprint density at radius 1 is 1.28 bits per heavy atom. The van der Waals surface area contributed by atoms with E-state index in [0.717, 1.165) is 35.5 Å². The summed E-state index contributed by atoms with van der Waals surface area (Å²) < 4.78 is 5.78. The molecule has 2 nitrogen and oxygen atoms in total. The Hall–Kier alpha value is -1.28. The molecule has 1 aliphatic carbocycles. The Balaban J connectivity index is 1.89. The van der Waals surface area contributed by atoms with E-state index in [1.165, 1.54) is 12.0 Å². The van der Waals surface area contributed by atoms with Crippen molar-refractivity contribution >= 4 is 11.0 Å². The van der Waals surface area contributed by atoms with Gasteiger partial charge in [0.1, 0.15) is 17.4 Å². The SMILES string of the molecule is Cc1ccc2oc(C(O)C3CCC(C)C3)cc2c1. The van der Waals surface area contributed by atoms with Gasteiger partial charge in [0.05, 0.1) is 0 Å². The van der Waals surface area contributed by atoms with Gasteiger partial charge in [-0.25, -0.2) is 0 Å². The van der Waals surface area contributed by atoms with Crippen LogP contribution in [0.1, 0.15) is 43.6 Å². The van der Waals surface area contributed by atoms with Crippen molar-refractivity contribution in [2.45, 2.75) is 39.2 Å². The van der Waals surface area contributed by atoms with E-state index >= 15 is 0 Å². The van der Waals surface area contributed by atoms with Crippen molar-refractivity contribution in [3.63, 3.8) is 0 Å². The molecule has 3 atom stereocenters. The molecule has 1 heterocycles. The Bertz CT molecular complexity index is 555. The maximum absolute atomic E-state index is 10.4. The van der Waals surface area contributed by atoms with Gasteiger partial charge in [0, 0.05) is 5.39 Å². The number of furan rings is 1. The molecule has 0 aliphatic heterocycles. The van der Waals surface area contributed by atoms with Crippen LogP contribution in [0.2, 0.25) is 0 Å². The van der Waals surface area contributed by atoms with Crippen molar-refractivity contribution in [3.8, 4) is 0 Å². The zero-order valence-corrected chi connectivity index (χ0v) is 11.0. The standard InChI is InChI=1S/C16H20O2/c1-10-3-5-12(7-10)16(17)15-9-13-8-11(2)4-6-14(13)18-15/h4,6,8-10,12,16-17H,3,5,7H2,1-2H3. The molecule has 1 aliphatic rings. The maximum atomic E-state index is 10.4. The molecule has 0 spiro atoms. The molecular weight excluding hydrogens is 224 g/mol. The molecule has 1 saturated carbocycles. The first kappa shape index (κ1) is 11.8. The van der Waals surface area contributed by atoms with Gasteiger partial charge in [-0.3, -0.25) is 0 Å². The summed E-state index contributed by atoms with van der Waals surface area (Å²) >= 11 is 0. The van der Waals surface area contributed by atoms with Gasteiger partial charge in [-0.1, -0.05) is 25.0 Å². The van der Waals surface area contributed by atoms with Gasteiger partial charge in [-0.15, -0.1) is 0 Å². The van der Waals surface area contributed by atoms with Crippen molar-refractivity contribution in [3.05, 3.63) is 35.6 Å². The predicted molar refractivity (Wildman–Crippen MR) is 72.4 cm³/mol. The minimum absolute atomic E-state index is 0.363. The number of fused-ring (bicyclic) bond motifs is 1. The first-order chi connectivity index (χ1) is 8.63. The number of hydrogen-bond acceptors (Lipinski definition) is 2. The highest BCUT2D eigenvalue weighted by molar-refractivity contribution is 5.78. The first-order valence-corrected chi connectivity index (χ1v) is 6.81. The minimum Gasteiger partial charge on any atom is -0.458 e. The molecule has 2 heteroatoms. The second-order valence-corrected chi connectivity index (χ2v) is 5.81. The predicted octanol–water partition coefficient (Wildman–Crippen LogP) is 4.21. The summed E-state index contributed by atoms with van der Waals surface area (Å²) in [5, 5.41) is 11.5. The summed E-state index contributed by atoms with van der Waals surface area (Å²) in [6.07, 6.45) is 3.00. The van der Waals surface area contributed by atoms with Gasteiger partial charge < -0.3 is 9.52 Å². The third-order valence-corrected chi connectivity index (χ3v) is 4.16. The molecule has 0 bridgehead atoms. The molecule has 2 aromatic rings. The molecular formula is C16H20O2. The zero-order chi connectivity index (χ0) is 12.7. The molecule has 3 rings (SSSR count). The first-order valence-electron chi connectivity index (χ1n) is 6.81. The van der Waals surface area contributed by atoms with Crippen LogP contribution in [0.3, 0.4) is 0 Å². The highest BCUT2D eigenvalue weighted by atomic mass is 16.4. The van der Waals surface area contributed by atoms with E-state index in [-0.39, 0.29) is 0 Å². The molecule has 1 aromatic carbocycles. The second-order valence-electron chi connectivity index (χ2n) is 5.81. The van der Waals surface area contributed by atoms with Crippen molar-refractivity contribution in [1.29, 1.82) is 0 Å². The average Bonchev–Trinajstić information content (AvgIpc) is 2.93. The van der Waals surface area contributed by atoms with Crippen LogP contribution >= 0.6 is 0 Å². The number of aliphatic hydroxyl groups is 1. The fraction of sp³-hybridized carbons (Fsp3) is 0.500. The summed E-state index contributed by atoms with van der Waals surface area (Å²) in [4.78, 5) is 0. The van der Waals surface area contributed by atoms with Gasteiger partial charge in [0.25, 0.3) is 0 Å². The van der Waals surface area contributed by atoms with Gasteiger partial charge in [0.15, 0.2) is 0 Å². The number of benzene rings is 1. The van der Waals surface area contributed by atoms with Crippen LogP contribution in [-0.4, -0.2) is 5.11 Å². The number of rotatable bonds is 2. The Kier molecular flexibility index (Phi) is 2.90. The lowest BCUT2D eigenvalue weighted by atomic mass is 9.97. The van der Waals surface area contributed by atoms with Crippen LogP contribution in [0.25, 0.3) is 11.0 Å². The summed E-state index contributed by atoms with van der Waals surface area (Å²) in [6, 6.07) is 8.13. The third kappa shape index (κ3) is 2.05. The Morgan fingerprint density at radius 3 is 2.83 bits per heavy atom. The fourth-order valence-corrected chi connectivity index (χ4v) is 3.10. The molecule has 1 N–H and O–H groups in total. The normalized spacial score (nSPS) is 25.7. The molecule has 1 fully saturated rings. The van der Waals surface area contributed by atoms with Crippen LogP contribution < -0.4 is 0 Å². The third-order valence-electron chi connectivity index (χ3n) is 4.16. The van der Waals surface area contributed by atoms with E-state index < -0.39 is 6.10 Å². The summed E-state index contributed by atoms with van der Waals surface area (Å²) in [5.41, 5.74) is 2.10. The lowest BCUT2D eigenvalue weighted by Gasteiger charge is -2.15. The van der Waals surface area contributed by atoms with Gasteiger partial charge in [-0.2, -0.15) is 0 Å². The summed E-state index contributed by atoms with van der Waals surface area (Å²) in [5.74, 6) is 1.83.